The third kappa shape index (κ3) is 2.62. The van der Waals surface area contributed by atoms with E-state index in [-0.39, 0.29) is 11.3 Å². The molecule has 2 heteroatoms. The number of aromatic nitrogens is 1. The van der Waals surface area contributed by atoms with Crippen molar-refractivity contribution < 1.29 is 5.11 Å². The van der Waals surface area contributed by atoms with Crippen LogP contribution in [-0.2, 0) is 0 Å². The molecule has 4 aliphatic carbocycles. The molecule has 1 fully saturated rings. The number of allylic oxidation sites excluding steroid dienone is 4. The standard InChI is InChI=1S/C28H31NO/c1-27-13-11-24-17-21-5-3-2-4-19(21)10-14-28(24,30)26(27)9-8-25(27)22-7-6-20-12-15-29-18-23(20)16-22/h6-8,11-12,15-19,26,30H,2-5,9-10,13-14H2,1H3/t19?,26?,27?,28-/m1/s1. The van der Waals surface area contributed by atoms with Gasteiger partial charge in [-0.2, -0.15) is 0 Å². The van der Waals surface area contributed by atoms with Gasteiger partial charge in [0.1, 0.15) is 0 Å². The molecule has 0 bridgehead atoms. The Morgan fingerprint density at radius 3 is 2.93 bits per heavy atom. The molecule has 3 unspecified atom stereocenters. The first-order valence-corrected chi connectivity index (χ1v) is 11.8. The number of hydrogen-bond acceptors (Lipinski definition) is 2. The van der Waals surface area contributed by atoms with Gasteiger partial charge in [0, 0.05) is 29.1 Å². The van der Waals surface area contributed by atoms with Gasteiger partial charge in [-0.1, -0.05) is 49.3 Å². The average molecular weight is 398 g/mol. The molecule has 4 atom stereocenters. The lowest BCUT2D eigenvalue weighted by Gasteiger charge is -2.48. The van der Waals surface area contributed by atoms with Crippen LogP contribution in [0.4, 0.5) is 0 Å². The summed E-state index contributed by atoms with van der Waals surface area (Å²) in [5, 5.41) is 14.6. The summed E-state index contributed by atoms with van der Waals surface area (Å²) in [7, 11) is 0. The van der Waals surface area contributed by atoms with Crippen molar-refractivity contribution in [2.75, 3.05) is 0 Å². The SMILES string of the molecule is CC12CC=C3C=C4CCCCC4CC[C@]3(O)C1CC=C2c1ccc2ccncc2c1. The van der Waals surface area contributed by atoms with Crippen LogP contribution in [0.25, 0.3) is 16.3 Å². The van der Waals surface area contributed by atoms with Crippen molar-refractivity contribution >= 4 is 16.3 Å². The number of rotatable bonds is 1. The van der Waals surface area contributed by atoms with Gasteiger partial charge in [0.05, 0.1) is 5.60 Å². The first kappa shape index (κ1) is 18.6. The second-order valence-electron chi connectivity index (χ2n) is 10.2. The molecular formula is C28H31NO. The lowest BCUT2D eigenvalue weighted by molar-refractivity contribution is -0.0327. The van der Waals surface area contributed by atoms with Crippen LogP contribution in [-0.4, -0.2) is 15.7 Å². The van der Waals surface area contributed by atoms with Crippen LogP contribution in [0, 0.1) is 17.3 Å². The zero-order valence-electron chi connectivity index (χ0n) is 17.9. The summed E-state index contributed by atoms with van der Waals surface area (Å²) in [6.45, 7) is 2.39. The molecule has 1 heterocycles. The van der Waals surface area contributed by atoms with Crippen molar-refractivity contribution in [3.05, 3.63) is 71.6 Å². The van der Waals surface area contributed by atoms with Crippen molar-refractivity contribution in [3.8, 4) is 0 Å². The quantitative estimate of drug-likeness (QED) is 0.587. The summed E-state index contributed by atoms with van der Waals surface area (Å²) in [6.07, 6.45) is 20.3. The smallest absolute Gasteiger partial charge is 0.0933 e. The number of hydrogen-bond donors (Lipinski definition) is 1. The van der Waals surface area contributed by atoms with Crippen LogP contribution in [0.1, 0.15) is 63.9 Å². The van der Waals surface area contributed by atoms with E-state index in [4.69, 9.17) is 0 Å². The first-order chi connectivity index (χ1) is 14.6. The zero-order valence-corrected chi connectivity index (χ0v) is 17.9. The molecular weight excluding hydrogens is 366 g/mol. The van der Waals surface area contributed by atoms with E-state index in [1.54, 1.807) is 5.57 Å². The first-order valence-electron chi connectivity index (χ1n) is 11.8. The van der Waals surface area contributed by atoms with Crippen molar-refractivity contribution in [2.45, 2.75) is 63.9 Å². The Labute approximate surface area is 179 Å². The van der Waals surface area contributed by atoms with Crippen molar-refractivity contribution in [1.82, 2.24) is 4.98 Å². The molecule has 6 rings (SSSR count). The van der Waals surface area contributed by atoms with Crippen LogP contribution >= 0.6 is 0 Å². The minimum atomic E-state index is -0.687. The van der Waals surface area contributed by atoms with E-state index in [1.165, 1.54) is 53.2 Å². The lowest BCUT2D eigenvalue weighted by atomic mass is 9.58. The maximum absolute atomic E-state index is 12.1. The van der Waals surface area contributed by atoms with Gasteiger partial charge in [-0.15, -0.1) is 0 Å². The summed E-state index contributed by atoms with van der Waals surface area (Å²) in [6, 6.07) is 8.83. The van der Waals surface area contributed by atoms with Crippen molar-refractivity contribution in [3.63, 3.8) is 0 Å². The van der Waals surface area contributed by atoms with E-state index in [2.05, 4.69) is 54.4 Å². The predicted octanol–water partition coefficient (Wildman–Crippen LogP) is 6.62. The number of benzene rings is 1. The van der Waals surface area contributed by atoms with Gasteiger partial charge in [0.15, 0.2) is 0 Å². The number of pyridine rings is 1. The Morgan fingerprint density at radius 2 is 2.00 bits per heavy atom. The molecule has 0 amide bonds. The highest BCUT2D eigenvalue weighted by atomic mass is 16.3. The molecule has 4 aliphatic rings. The molecule has 1 N–H and O–H groups in total. The van der Waals surface area contributed by atoms with Crippen molar-refractivity contribution in [2.24, 2.45) is 17.3 Å². The van der Waals surface area contributed by atoms with E-state index < -0.39 is 5.60 Å². The fourth-order valence-corrected chi connectivity index (χ4v) is 7.02. The van der Waals surface area contributed by atoms with Gasteiger partial charge in [-0.05, 0) is 85.1 Å². The summed E-state index contributed by atoms with van der Waals surface area (Å²) >= 11 is 0. The Kier molecular flexibility index (Phi) is 4.12. The molecule has 2 nitrogen and oxygen atoms in total. The second-order valence-corrected chi connectivity index (χ2v) is 10.2. The Bertz CT molecular complexity index is 1110. The zero-order chi connectivity index (χ0) is 20.3. The third-order valence-electron chi connectivity index (χ3n) is 8.72. The molecule has 2 aromatic rings. The monoisotopic (exact) mass is 397 g/mol. The maximum atomic E-state index is 12.1. The molecule has 1 saturated carbocycles. The molecule has 0 spiro atoms. The van der Waals surface area contributed by atoms with Gasteiger partial charge < -0.3 is 5.11 Å². The van der Waals surface area contributed by atoms with E-state index in [0.29, 0.717) is 5.92 Å². The van der Waals surface area contributed by atoms with Gasteiger partial charge >= 0.3 is 0 Å². The van der Waals surface area contributed by atoms with Gasteiger partial charge in [-0.25, -0.2) is 0 Å². The highest BCUT2D eigenvalue weighted by molar-refractivity contribution is 5.87. The predicted molar refractivity (Wildman–Crippen MR) is 123 cm³/mol. The van der Waals surface area contributed by atoms with Crippen molar-refractivity contribution in [1.29, 1.82) is 0 Å². The normalized spacial score (nSPS) is 35.5. The third-order valence-corrected chi connectivity index (χ3v) is 8.72. The summed E-state index contributed by atoms with van der Waals surface area (Å²) in [5.74, 6) is 0.962. The van der Waals surface area contributed by atoms with Crippen LogP contribution in [0.2, 0.25) is 0 Å². The van der Waals surface area contributed by atoms with E-state index in [0.717, 1.165) is 25.7 Å². The number of nitrogens with zero attached hydrogens (tertiary/aromatic N) is 1. The van der Waals surface area contributed by atoms with Gasteiger partial charge in [0.2, 0.25) is 0 Å². The van der Waals surface area contributed by atoms with Gasteiger partial charge in [-0.3, -0.25) is 4.98 Å². The van der Waals surface area contributed by atoms with Crippen LogP contribution in [0.15, 0.2) is 66.0 Å². The fraction of sp³-hybridized carbons (Fsp3) is 0.464. The fourth-order valence-electron chi connectivity index (χ4n) is 7.02. The minimum absolute atomic E-state index is 0.0118. The molecule has 154 valence electrons. The Morgan fingerprint density at radius 1 is 1.07 bits per heavy atom. The van der Waals surface area contributed by atoms with E-state index >= 15 is 0 Å². The minimum Gasteiger partial charge on any atom is -0.385 e. The maximum Gasteiger partial charge on any atom is 0.0933 e. The number of fused-ring (bicyclic) bond motifs is 5. The molecule has 0 saturated heterocycles. The summed E-state index contributed by atoms with van der Waals surface area (Å²) < 4.78 is 0. The largest absolute Gasteiger partial charge is 0.385 e. The highest BCUT2D eigenvalue weighted by Gasteiger charge is 2.55. The molecule has 0 radical (unpaired) electrons. The Hall–Kier alpha value is -2.19. The Balaban J connectivity index is 1.39. The molecule has 1 aromatic carbocycles. The molecule has 1 aromatic heterocycles. The molecule has 0 aliphatic heterocycles. The lowest BCUT2D eigenvalue weighted by Crippen LogP contribution is -2.48. The van der Waals surface area contributed by atoms with Gasteiger partial charge in [0.25, 0.3) is 0 Å². The van der Waals surface area contributed by atoms with E-state index in [9.17, 15) is 5.11 Å². The average Bonchev–Trinajstić information content (AvgIpc) is 3.05. The molecule has 30 heavy (non-hydrogen) atoms. The van der Waals surface area contributed by atoms with Crippen LogP contribution in [0.5, 0.6) is 0 Å². The van der Waals surface area contributed by atoms with Crippen LogP contribution in [0.3, 0.4) is 0 Å². The summed E-state index contributed by atoms with van der Waals surface area (Å²) in [5.41, 5.74) is 4.84. The second kappa shape index (κ2) is 6.65. The number of aliphatic hydroxyl groups is 1. The topological polar surface area (TPSA) is 33.1 Å². The summed E-state index contributed by atoms with van der Waals surface area (Å²) in [4.78, 5) is 4.31. The van der Waals surface area contributed by atoms with E-state index in [1.807, 2.05) is 12.4 Å². The van der Waals surface area contributed by atoms with Crippen LogP contribution < -0.4 is 0 Å². The highest BCUT2D eigenvalue weighted by Crippen LogP contribution is 2.61.